The van der Waals surface area contributed by atoms with Gasteiger partial charge in [-0.3, -0.25) is 9.59 Å². The van der Waals surface area contributed by atoms with E-state index in [1.165, 1.54) is 0 Å². The van der Waals surface area contributed by atoms with Gasteiger partial charge in [-0.25, -0.2) is 0 Å². The van der Waals surface area contributed by atoms with Gasteiger partial charge in [-0.2, -0.15) is 0 Å². The Hall–Kier alpha value is -3.02. The molecule has 1 heterocycles. The van der Waals surface area contributed by atoms with Gasteiger partial charge >= 0.3 is 0 Å². The monoisotopic (exact) mass is 410 g/mol. The van der Waals surface area contributed by atoms with Gasteiger partial charge in [-0.1, -0.05) is 29.8 Å². The highest BCUT2D eigenvalue weighted by atomic mass is 16.5. The molecule has 1 fully saturated rings. The average Bonchev–Trinajstić information content (AvgIpc) is 2.75. The molecule has 0 aromatic heterocycles. The van der Waals surface area contributed by atoms with Crippen LogP contribution in [-0.4, -0.2) is 49.1 Å². The summed E-state index contributed by atoms with van der Waals surface area (Å²) in [4.78, 5) is 26.6. The van der Waals surface area contributed by atoms with Crippen molar-refractivity contribution in [2.75, 3.05) is 26.3 Å². The van der Waals surface area contributed by atoms with E-state index in [-0.39, 0.29) is 24.5 Å². The van der Waals surface area contributed by atoms with Crippen LogP contribution in [-0.2, 0) is 16.0 Å². The van der Waals surface area contributed by atoms with Crippen LogP contribution in [0.1, 0.15) is 30.9 Å². The largest absolute Gasteiger partial charge is 0.494 e. The summed E-state index contributed by atoms with van der Waals surface area (Å²) in [5, 5.41) is 3.01. The van der Waals surface area contributed by atoms with Gasteiger partial charge in [-0.05, 0) is 56.5 Å². The lowest BCUT2D eigenvalue weighted by Gasteiger charge is -2.32. The lowest BCUT2D eigenvalue weighted by Crippen LogP contribution is -2.47. The average molecular weight is 411 g/mol. The molecule has 1 N–H and O–H groups in total. The smallest absolute Gasteiger partial charge is 0.258 e. The molecule has 0 radical (unpaired) electrons. The zero-order chi connectivity index (χ0) is 21.3. The van der Waals surface area contributed by atoms with Crippen LogP contribution in [0.25, 0.3) is 0 Å². The maximum atomic E-state index is 12.6. The number of hydrogen-bond acceptors (Lipinski definition) is 4. The second-order valence-corrected chi connectivity index (χ2v) is 7.58. The molecule has 30 heavy (non-hydrogen) atoms. The molecule has 6 heteroatoms. The van der Waals surface area contributed by atoms with Crippen LogP contribution in [0.5, 0.6) is 11.5 Å². The molecule has 1 aliphatic rings. The minimum atomic E-state index is -0.130. The Morgan fingerprint density at radius 1 is 0.967 bits per heavy atom. The highest BCUT2D eigenvalue weighted by Gasteiger charge is 2.24. The molecule has 0 unspecified atom stereocenters. The van der Waals surface area contributed by atoms with E-state index in [9.17, 15) is 9.59 Å². The van der Waals surface area contributed by atoms with E-state index < -0.39 is 0 Å². The Labute approximate surface area is 178 Å². The number of carbonyl (C=O) groups excluding carboxylic acids is 2. The van der Waals surface area contributed by atoms with Crippen LogP contribution < -0.4 is 14.8 Å². The summed E-state index contributed by atoms with van der Waals surface area (Å²) in [6, 6.07) is 15.4. The van der Waals surface area contributed by atoms with Gasteiger partial charge in [0.25, 0.3) is 5.91 Å². The van der Waals surface area contributed by atoms with Gasteiger partial charge in [-0.15, -0.1) is 0 Å². The van der Waals surface area contributed by atoms with E-state index in [4.69, 9.17) is 9.47 Å². The number of nitrogens with zero attached hydrogens (tertiary/aromatic N) is 1. The maximum absolute atomic E-state index is 12.6. The summed E-state index contributed by atoms with van der Waals surface area (Å²) in [7, 11) is 0. The van der Waals surface area contributed by atoms with E-state index in [0.29, 0.717) is 31.9 Å². The van der Waals surface area contributed by atoms with Crippen LogP contribution >= 0.6 is 0 Å². The molecule has 0 spiro atoms. The van der Waals surface area contributed by atoms with Crippen LogP contribution in [0, 0.1) is 6.92 Å². The number of rotatable bonds is 8. The number of likely N-dealkylation sites (tertiary alicyclic amines) is 1. The zero-order valence-corrected chi connectivity index (χ0v) is 17.7. The third-order valence-corrected chi connectivity index (χ3v) is 5.19. The van der Waals surface area contributed by atoms with Crippen molar-refractivity contribution in [2.45, 2.75) is 39.2 Å². The van der Waals surface area contributed by atoms with Crippen molar-refractivity contribution >= 4 is 11.8 Å². The Morgan fingerprint density at radius 2 is 1.57 bits per heavy atom. The summed E-state index contributed by atoms with van der Waals surface area (Å²) in [6.07, 6.45) is 1.89. The molecule has 160 valence electrons. The fraction of sp³-hybridized carbons (Fsp3) is 0.417. The first-order valence-electron chi connectivity index (χ1n) is 10.5. The predicted molar refractivity (Wildman–Crippen MR) is 116 cm³/mol. The molecule has 0 saturated carbocycles. The third kappa shape index (κ3) is 6.51. The zero-order valence-electron chi connectivity index (χ0n) is 17.7. The molecule has 2 aromatic carbocycles. The molecule has 1 aliphatic heterocycles. The van der Waals surface area contributed by atoms with Gasteiger partial charge in [0.2, 0.25) is 5.91 Å². The van der Waals surface area contributed by atoms with Crippen LogP contribution in [0.4, 0.5) is 0 Å². The van der Waals surface area contributed by atoms with Crippen LogP contribution in [0.3, 0.4) is 0 Å². The van der Waals surface area contributed by atoms with Gasteiger partial charge in [0.1, 0.15) is 11.5 Å². The normalized spacial score (nSPS) is 14.3. The van der Waals surface area contributed by atoms with E-state index in [1.54, 1.807) is 0 Å². The molecule has 6 nitrogen and oxygen atoms in total. The number of amides is 2. The second kappa shape index (κ2) is 10.7. The van der Waals surface area contributed by atoms with E-state index in [2.05, 4.69) is 5.32 Å². The number of piperidine rings is 1. The molecular formula is C24H30N2O4. The maximum Gasteiger partial charge on any atom is 0.258 e. The van der Waals surface area contributed by atoms with Gasteiger partial charge in [0, 0.05) is 19.1 Å². The standard InChI is InChI=1S/C24H30N2O4/c1-3-29-21-10-6-19(7-11-21)16-24(28)26-14-12-20(13-15-26)25-23(27)17-30-22-8-4-18(2)5-9-22/h4-11,20H,3,12-17H2,1-2H3,(H,25,27). The van der Waals surface area contributed by atoms with Crippen molar-refractivity contribution in [2.24, 2.45) is 0 Å². The molecule has 1 saturated heterocycles. The summed E-state index contributed by atoms with van der Waals surface area (Å²) < 4.78 is 11.0. The molecule has 0 bridgehead atoms. The van der Waals surface area contributed by atoms with Crippen molar-refractivity contribution in [1.82, 2.24) is 10.2 Å². The number of ether oxygens (including phenoxy) is 2. The van der Waals surface area contributed by atoms with Crippen LogP contribution in [0.15, 0.2) is 48.5 Å². The van der Waals surface area contributed by atoms with Gasteiger partial charge in [0.15, 0.2) is 6.61 Å². The minimum Gasteiger partial charge on any atom is -0.494 e. The van der Waals surface area contributed by atoms with Crippen molar-refractivity contribution in [3.05, 3.63) is 59.7 Å². The lowest BCUT2D eigenvalue weighted by molar-refractivity contribution is -0.131. The summed E-state index contributed by atoms with van der Waals surface area (Å²) in [5.74, 6) is 1.49. The number of aryl methyl sites for hydroxylation is 1. The molecular weight excluding hydrogens is 380 g/mol. The van der Waals surface area contributed by atoms with E-state index in [1.807, 2.05) is 67.3 Å². The Kier molecular flexibility index (Phi) is 7.71. The molecule has 2 amide bonds. The third-order valence-electron chi connectivity index (χ3n) is 5.19. The van der Waals surface area contributed by atoms with Crippen LogP contribution in [0.2, 0.25) is 0 Å². The Bertz CT molecular complexity index is 825. The van der Waals surface area contributed by atoms with Crippen molar-refractivity contribution in [1.29, 1.82) is 0 Å². The van der Waals surface area contributed by atoms with Crippen molar-refractivity contribution in [3.63, 3.8) is 0 Å². The fourth-order valence-corrected chi connectivity index (χ4v) is 3.48. The quantitative estimate of drug-likeness (QED) is 0.726. The fourth-order valence-electron chi connectivity index (χ4n) is 3.48. The van der Waals surface area contributed by atoms with Gasteiger partial charge in [0.05, 0.1) is 13.0 Å². The molecule has 3 rings (SSSR count). The SMILES string of the molecule is CCOc1ccc(CC(=O)N2CCC(NC(=O)COc3ccc(C)cc3)CC2)cc1. The predicted octanol–water partition coefficient (Wildman–Crippen LogP) is 3.12. The van der Waals surface area contributed by atoms with Gasteiger partial charge < -0.3 is 19.7 Å². The number of nitrogens with one attached hydrogen (secondary N) is 1. The lowest BCUT2D eigenvalue weighted by atomic mass is 10.0. The highest BCUT2D eigenvalue weighted by Crippen LogP contribution is 2.16. The van der Waals surface area contributed by atoms with E-state index >= 15 is 0 Å². The molecule has 0 aliphatic carbocycles. The molecule has 0 atom stereocenters. The first-order valence-corrected chi connectivity index (χ1v) is 10.5. The number of hydrogen-bond donors (Lipinski definition) is 1. The minimum absolute atomic E-state index is 0.0000529. The first-order chi connectivity index (χ1) is 14.5. The summed E-state index contributed by atoms with van der Waals surface area (Å²) >= 11 is 0. The topological polar surface area (TPSA) is 67.9 Å². The second-order valence-electron chi connectivity index (χ2n) is 7.58. The van der Waals surface area contributed by atoms with Crippen molar-refractivity contribution < 1.29 is 19.1 Å². The summed E-state index contributed by atoms with van der Waals surface area (Å²) in [5.41, 5.74) is 2.13. The number of carbonyl (C=O) groups is 2. The van der Waals surface area contributed by atoms with E-state index in [0.717, 1.165) is 29.7 Å². The molecule has 2 aromatic rings. The Balaban J connectivity index is 1.37. The van der Waals surface area contributed by atoms with Crippen molar-refractivity contribution in [3.8, 4) is 11.5 Å². The Morgan fingerprint density at radius 3 is 2.20 bits per heavy atom. The first kappa shape index (κ1) is 21.7. The number of benzene rings is 2. The highest BCUT2D eigenvalue weighted by molar-refractivity contribution is 5.79. The summed E-state index contributed by atoms with van der Waals surface area (Å²) in [6.45, 7) is 5.88.